The van der Waals surface area contributed by atoms with E-state index in [1.54, 1.807) is 0 Å². The van der Waals surface area contributed by atoms with Crippen LogP contribution in [0.25, 0.3) is 0 Å². The predicted octanol–water partition coefficient (Wildman–Crippen LogP) is 2.22. The minimum atomic E-state index is 0.288. The SMILES string of the molecule is CN[C@H](C)Cc1cc2c(cc1Cl)OCO2. The molecule has 0 spiro atoms. The van der Waals surface area contributed by atoms with Crippen molar-refractivity contribution in [1.29, 1.82) is 0 Å². The molecule has 0 unspecified atom stereocenters. The summed E-state index contributed by atoms with van der Waals surface area (Å²) in [7, 11) is 1.94. The van der Waals surface area contributed by atoms with Crippen LogP contribution in [0.15, 0.2) is 12.1 Å². The van der Waals surface area contributed by atoms with Crippen molar-refractivity contribution in [2.45, 2.75) is 19.4 Å². The van der Waals surface area contributed by atoms with Gasteiger partial charge in [-0.15, -0.1) is 0 Å². The normalized spacial score (nSPS) is 15.4. The lowest BCUT2D eigenvalue weighted by atomic mass is 10.1. The summed E-state index contributed by atoms with van der Waals surface area (Å²) in [5.41, 5.74) is 1.09. The van der Waals surface area contributed by atoms with Gasteiger partial charge in [0, 0.05) is 17.1 Å². The smallest absolute Gasteiger partial charge is 0.231 e. The van der Waals surface area contributed by atoms with Crippen LogP contribution in [0.1, 0.15) is 12.5 Å². The lowest BCUT2D eigenvalue weighted by Crippen LogP contribution is -2.23. The van der Waals surface area contributed by atoms with Crippen molar-refractivity contribution in [2.24, 2.45) is 0 Å². The van der Waals surface area contributed by atoms with Gasteiger partial charge >= 0.3 is 0 Å². The number of likely N-dealkylation sites (N-methyl/N-ethyl adjacent to an activating group) is 1. The van der Waals surface area contributed by atoms with E-state index in [2.05, 4.69) is 12.2 Å². The van der Waals surface area contributed by atoms with Crippen LogP contribution in [0.4, 0.5) is 0 Å². The fourth-order valence-corrected chi connectivity index (χ4v) is 1.78. The lowest BCUT2D eigenvalue weighted by Gasteiger charge is -2.11. The first kappa shape index (κ1) is 10.6. The highest BCUT2D eigenvalue weighted by Gasteiger charge is 2.17. The third kappa shape index (κ3) is 2.19. The molecule has 0 aromatic heterocycles. The number of hydrogen-bond acceptors (Lipinski definition) is 3. The van der Waals surface area contributed by atoms with Gasteiger partial charge in [-0.3, -0.25) is 0 Å². The van der Waals surface area contributed by atoms with E-state index in [1.807, 2.05) is 19.2 Å². The summed E-state index contributed by atoms with van der Waals surface area (Å²) < 4.78 is 10.6. The average molecular weight is 228 g/mol. The molecule has 0 amide bonds. The number of hydrogen-bond donors (Lipinski definition) is 1. The van der Waals surface area contributed by atoms with Gasteiger partial charge in [-0.1, -0.05) is 11.6 Å². The highest BCUT2D eigenvalue weighted by atomic mass is 35.5. The number of ether oxygens (including phenoxy) is 2. The molecule has 0 aliphatic carbocycles. The lowest BCUT2D eigenvalue weighted by molar-refractivity contribution is 0.174. The van der Waals surface area contributed by atoms with Gasteiger partial charge in [-0.2, -0.15) is 0 Å². The molecule has 0 saturated carbocycles. The second-order valence-electron chi connectivity index (χ2n) is 3.69. The van der Waals surface area contributed by atoms with Crippen molar-refractivity contribution < 1.29 is 9.47 Å². The number of halogens is 1. The number of fused-ring (bicyclic) bond motifs is 1. The molecule has 1 N–H and O–H groups in total. The monoisotopic (exact) mass is 227 g/mol. The second-order valence-corrected chi connectivity index (χ2v) is 4.10. The van der Waals surface area contributed by atoms with Crippen LogP contribution in [0.3, 0.4) is 0 Å². The van der Waals surface area contributed by atoms with E-state index < -0.39 is 0 Å². The van der Waals surface area contributed by atoms with E-state index >= 15 is 0 Å². The van der Waals surface area contributed by atoms with Crippen molar-refractivity contribution in [3.05, 3.63) is 22.7 Å². The summed E-state index contributed by atoms with van der Waals surface area (Å²) >= 11 is 6.15. The van der Waals surface area contributed by atoms with E-state index in [0.29, 0.717) is 6.04 Å². The first-order valence-electron chi connectivity index (χ1n) is 4.96. The minimum Gasteiger partial charge on any atom is -0.454 e. The maximum atomic E-state index is 6.15. The molecule has 82 valence electrons. The number of nitrogens with one attached hydrogen (secondary N) is 1. The number of benzene rings is 1. The van der Waals surface area contributed by atoms with Crippen molar-refractivity contribution in [3.8, 4) is 11.5 Å². The van der Waals surface area contributed by atoms with Crippen LogP contribution in [0, 0.1) is 0 Å². The predicted molar refractivity (Wildman–Crippen MR) is 59.8 cm³/mol. The Labute approximate surface area is 94.3 Å². The van der Waals surface area contributed by atoms with Crippen LogP contribution in [-0.4, -0.2) is 19.9 Å². The molecular formula is C11H14ClNO2. The van der Waals surface area contributed by atoms with E-state index in [1.165, 1.54) is 0 Å². The molecule has 4 heteroatoms. The molecule has 1 atom stereocenters. The Morgan fingerprint density at radius 3 is 2.73 bits per heavy atom. The Bertz CT molecular complexity index is 368. The van der Waals surface area contributed by atoms with Gasteiger partial charge in [0.2, 0.25) is 6.79 Å². The van der Waals surface area contributed by atoms with E-state index in [-0.39, 0.29) is 6.79 Å². The largest absolute Gasteiger partial charge is 0.454 e. The Hall–Kier alpha value is -0.930. The molecule has 1 aromatic carbocycles. The molecule has 2 rings (SSSR count). The van der Waals surface area contributed by atoms with E-state index in [4.69, 9.17) is 21.1 Å². The van der Waals surface area contributed by atoms with Gasteiger partial charge in [0.1, 0.15) is 0 Å². The van der Waals surface area contributed by atoms with Crippen molar-refractivity contribution in [2.75, 3.05) is 13.8 Å². The topological polar surface area (TPSA) is 30.5 Å². The number of rotatable bonds is 3. The zero-order valence-electron chi connectivity index (χ0n) is 8.84. The van der Waals surface area contributed by atoms with Gasteiger partial charge in [-0.05, 0) is 32.0 Å². The van der Waals surface area contributed by atoms with Crippen LogP contribution in [-0.2, 0) is 6.42 Å². The molecule has 1 aliphatic heterocycles. The maximum Gasteiger partial charge on any atom is 0.231 e. The second kappa shape index (κ2) is 4.29. The maximum absolute atomic E-state index is 6.15. The summed E-state index contributed by atoms with van der Waals surface area (Å²) in [6.07, 6.45) is 0.881. The molecular weight excluding hydrogens is 214 g/mol. The fraction of sp³-hybridized carbons (Fsp3) is 0.455. The van der Waals surface area contributed by atoms with E-state index in [0.717, 1.165) is 28.5 Å². The third-order valence-corrected chi connectivity index (χ3v) is 2.91. The summed E-state index contributed by atoms with van der Waals surface area (Å²) in [4.78, 5) is 0. The summed E-state index contributed by atoms with van der Waals surface area (Å²) in [6.45, 7) is 2.40. The van der Waals surface area contributed by atoms with Gasteiger partial charge < -0.3 is 14.8 Å². The van der Waals surface area contributed by atoms with Crippen molar-refractivity contribution >= 4 is 11.6 Å². The molecule has 15 heavy (non-hydrogen) atoms. The molecule has 1 aromatic rings. The summed E-state index contributed by atoms with van der Waals surface area (Å²) in [5.74, 6) is 1.53. The molecule has 0 saturated heterocycles. The van der Waals surface area contributed by atoms with Gasteiger partial charge in [0.15, 0.2) is 11.5 Å². The zero-order valence-corrected chi connectivity index (χ0v) is 9.60. The van der Waals surface area contributed by atoms with Crippen LogP contribution in [0.5, 0.6) is 11.5 Å². The highest BCUT2D eigenvalue weighted by Crippen LogP contribution is 2.37. The van der Waals surface area contributed by atoms with Gasteiger partial charge in [0.05, 0.1) is 0 Å². The molecule has 0 fully saturated rings. The molecule has 0 bridgehead atoms. The molecule has 0 radical (unpaired) electrons. The Morgan fingerprint density at radius 1 is 1.40 bits per heavy atom. The zero-order chi connectivity index (χ0) is 10.8. The van der Waals surface area contributed by atoms with Gasteiger partial charge in [0.25, 0.3) is 0 Å². The molecule has 1 aliphatic rings. The fourth-order valence-electron chi connectivity index (χ4n) is 1.55. The van der Waals surface area contributed by atoms with Crippen LogP contribution >= 0.6 is 11.6 Å². The molecule has 3 nitrogen and oxygen atoms in total. The average Bonchev–Trinajstić information content (AvgIpc) is 2.65. The Morgan fingerprint density at radius 2 is 2.07 bits per heavy atom. The first-order chi connectivity index (χ1) is 7.20. The van der Waals surface area contributed by atoms with E-state index in [9.17, 15) is 0 Å². The molecule has 1 heterocycles. The third-order valence-electron chi connectivity index (χ3n) is 2.56. The van der Waals surface area contributed by atoms with Gasteiger partial charge in [-0.25, -0.2) is 0 Å². The Balaban J connectivity index is 2.24. The van der Waals surface area contributed by atoms with Crippen LogP contribution < -0.4 is 14.8 Å². The summed E-state index contributed by atoms with van der Waals surface area (Å²) in [6, 6.07) is 4.17. The van der Waals surface area contributed by atoms with Crippen LogP contribution in [0.2, 0.25) is 5.02 Å². The standard InChI is InChI=1S/C11H14ClNO2/c1-7(13-2)3-8-4-10-11(5-9(8)12)15-6-14-10/h4-5,7,13H,3,6H2,1-2H3/t7-/m1/s1. The van der Waals surface area contributed by atoms with Crippen molar-refractivity contribution in [3.63, 3.8) is 0 Å². The van der Waals surface area contributed by atoms with Crippen molar-refractivity contribution in [1.82, 2.24) is 5.32 Å². The first-order valence-corrected chi connectivity index (χ1v) is 5.34. The summed E-state index contributed by atoms with van der Waals surface area (Å²) in [5, 5.41) is 3.91. The minimum absolute atomic E-state index is 0.288. The highest BCUT2D eigenvalue weighted by molar-refractivity contribution is 6.31. The Kier molecular flexibility index (Phi) is 3.03. The quantitative estimate of drug-likeness (QED) is 0.859.